The number of hydrogen-bond donors (Lipinski definition) is 2. The smallest absolute Gasteiger partial charge is 0.0651 e. The Morgan fingerprint density at radius 1 is 1.15 bits per heavy atom. The lowest BCUT2D eigenvalue weighted by atomic mass is 9.61. The molecule has 3 aliphatic rings. The second-order valence-electron chi connectivity index (χ2n) is 12.5. The van der Waals surface area contributed by atoms with Crippen LogP contribution in [0.25, 0.3) is 0 Å². The van der Waals surface area contributed by atoms with E-state index in [1.807, 2.05) is 13.8 Å². The van der Waals surface area contributed by atoms with E-state index in [2.05, 4.69) is 52.0 Å². The lowest BCUT2D eigenvalue weighted by molar-refractivity contribution is -0.000744. The highest BCUT2D eigenvalue weighted by molar-refractivity contribution is 5.26. The SMILES string of the molecule is CCCCO[C@@H]1C/C(=C/C=C2\CCC[C@]3(C)[C@@H]([C@H](C)/C=C/[C@H](C)C(C)(C)O)CC[C@@H]23)C[C@@H](O)C1. The minimum atomic E-state index is -0.667. The number of fused-ring (bicyclic) bond motifs is 1. The van der Waals surface area contributed by atoms with Crippen LogP contribution >= 0.6 is 0 Å². The van der Waals surface area contributed by atoms with Crippen LogP contribution in [0.1, 0.15) is 106 Å². The van der Waals surface area contributed by atoms with Gasteiger partial charge in [0.15, 0.2) is 0 Å². The van der Waals surface area contributed by atoms with Gasteiger partial charge < -0.3 is 14.9 Å². The second-order valence-corrected chi connectivity index (χ2v) is 12.5. The first-order valence-corrected chi connectivity index (χ1v) is 14.1. The van der Waals surface area contributed by atoms with Gasteiger partial charge in [0.25, 0.3) is 0 Å². The number of aliphatic hydroxyl groups excluding tert-OH is 1. The van der Waals surface area contributed by atoms with Crippen LogP contribution in [-0.2, 0) is 4.74 Å². The fourth-order valence-electron chi connectivity index (χ4n) is 6.89. The summed E-state index contributed by atoms with van der Waals surface area (Å²) in [7, 11) is 0. The number of hydrogen-bond acceptors (Lipinski definition) is 3. The Kier molecular flexibility index (Phi) is 9.68. The number of rotatable bonds is 9. The molecule has 0 bridgehead atoms. The van der Waals surface area contributed by atoms with Crippen molar-refractivity contribution in [3.8, 4) is 0 Å². The Morgan fingerprint density at radius 3 is 2.62 bits per heavy atom. The highest BCUT2D eigenvalue weighted by Crippen LogP contribution is 2.59. The maximum absolute atomic E-state index is 10.4. The summed E-state index contributed by atoms with van der Waals surface area (Å²) in [6, 6.07) is 0. The maximum atomic E-state index is 10.4. The Bertz CT molecular complexity index is 742. The summed E-state index contributed by atoms with van der Waals surface area (Å²) < 4.78 is 6.06. The zero-order chi connectivity index (χ0) is 24.9. The van der Waals surface area contributed by atoms with Gasteiger partial charge in [-0.1, -0.05) is 69.6 Å². The van der Waals surface area contributed by atoms with Crippen molar-refractivity contribution in [1.29, 1.82) is 0 Å². The topological polar surface area (TPSA) is 49.7 Å². The minimum absolute atomic E-state index is 0.161. The molecule has 2 N–H and O–H groups in total. The molecule has 0 aliphatic heterocycles. The molecule has 3 rings (SSSR count). The van der Waals surface area contributed by atoms with Gasteiger partial charge in [-0.25, -0.2) is 0 Å². The Morgan fingerprint density at radius 2 is 1.91 bits per heavy atom. The number of allylic oxidation sites excluding steroid dienone is 4. The summed E-state index contributed by atoms with van der Waals surface area (Å²) in [6.45, 7) is 13.8. The third-order valence-corrected chi connectivity index (χ3v) is 9.40. The fraction of sp³-hybridized carbons (Fsp3) is 0.806. The van der Waals surface area contributed by atoms with Gasteiger partial charge >= 0.3 is 0 Å². The number of aliphatic hydroxyl groups is 2. The predicted molar refractivity (Wildman–Crippen MR) is 143 cm³/mol. The van der Waals surface area contributed by atoms with E-state index >= 15 is 0 Å². The Balaban J connectivity index is 1.68. The van der Waals surface area contributed by atoms with Crippen LogP contribution in [0.3, 0.4) is 0 Å². The molecule has 0 aromatic carbocycles. The van der Waals surface area contributed by atoms with E-state index in [-0.39, 0.29) is 18.1 Å². The van der Waals surface area contributed by atoms with Crippen LogP contribution in [0.15, 0.2) is 35.5 Å². The monoisotopic (exact) mass is 472 g/mol. The van der Waals surface area contributed by atoms with Gasteiger partial charge in [-0.15, -0.1) is 0 Å². The van der Waals surface area contributed by atoms with Crippen LogP contribution in [0.5, 0.6) is 0 Å². The lowest BCUT2D eigenvalue weighted by Crippen LogP contribution is -2.35. The van der Waals surface area contributed by atoms with Crippen molar-refractivity contribution in [1.82, 2.24) is 0 Å². The first kappa shape index (κ1) is 27.7. The third-order valence-electron chi connectivity index (χ3n) is 9.40. The summed E-state index contributed by atoms with van der Waals surface area (Å²) in [6.07, 6.45) is 20.5. The van der Waals surface area contributed by atoms with Gasteiger partial charge in [-0.05, 0) is 88.4 Å². The minimum Gasteiger partial charge on any atom is -0.393 e. The zero-order valence-corrected chi connectivity index (χ0v) is 22.9. The standard InChI is InChI=1S/C31H52O3/c1-7-8-18-34-27-20-24(19-26(32)21-27)13-14-25-10-9-17-31(6)28(15-16-29(25)31)22(2)11-12-23(3)30(4,5)33/h11-14,22-23,26-29,32-33H,7-10,15-21H2,1-6H3/b12-11+,24-13+,25-14+/t22-,23+,26-,27-,28-,29+,31-/m1/s1. The van der Waals surface area contributed by atoms with Crippen molar-refractivity contribution in [2.24, 2.45) is 29.1 Å². The molecule has 7 atom stereocenters. The first-order valence-electron chi connectivity index (χ1n) is 14.1. The predicted octanol–water partition coefficient (Wildman–Crippen LogP) is 7.39. The summed E-state index contributed by atoms with van der Waals surface area (Å²) >= 11 is 0. The van der Waals surface area contributed by atoms with Gasteiger partial charge in [0.1, 0.15) is 0 Å². The van der Waals surface area contributed by atoms with Crippen molar-refractivity contribution in [3.63, 3.8) is 0 Å². The highest BCUT2D eigenvalue weighted by atomic mass is 16.5. The van der Waals surface area contributed by atoms with Gasteiger partial charge in [0, 0.05) is 18.9 Å². The summed E-state index contributed by atoms with van der Waals surface area (Å²) in [4.78, 5) is 0. The maximum Gasteiger partial charge on any atom is 0.0651 e. The van der Waals surface area contributed by atoms with Crippen LogP contribution in [0.2, 0.25) is 0 Å². The van der Waals surface area contributed by atoms with E-state index in [0.717, 1.165) is 38.7 Å². The normalized spacial score (nSPS) is 36.8. The van der Waals surface area contributed by atoms with E-state index < -0.39 is 5.60 Å². The molecule has 3 nitrogen and oxygen atoms in total. The van der Waals surface area contributed by atoms with Crippen molar-refractivity contribution in [3.05, 3.63) is 35.5 Å². The molecule has 0 radical (unpaired) electrons. The fourth-order valence-corrected chi connectivity index (χ4v) is 6.89. The van der Waals surface area contributed by atoms with E-state index in [1.54, 1.807) is 5.57 Å². The number of unbranched alkanes of at least 4 members (excludes halogenated alkanes) is 1. The summed E-state index contributed by atoms with van der Waals surface area (Å²) in [5, 5.41) is 20.7. The molecule has 0 saturated heterocycles. The molecule has 3 fully saturated rings. The largest absolute Gasteiger partial charge is 0.393 e. The molecule has 0 aromatic rings. The molecule has 0 amide bonds. The van der Waals surface area contributed by atoms with Gasteiger partial charge in [0.2, 0.25) is 0 Å². The molecule has 3 heteroatoms. The average molecular weight is 473 g/mol. The number of ether oxygens (including phenoxy) is 1. The molecule has 0 spiro atoms. The summed E-state index contributed by atoms with van der Waals surface area (Å²) in [5.74, 6) is 2.07. The molecular weight excluding hydrogens is 420 g/mol. The van der Waals surface area contributed by atoms with Gasteiger partial charge in [-0.3, -0.25) is 0 Å². The molecule has 194 valence electrons. The van der Waals surface area contributed by atoms with Crippen molar-refractivity contribution in [2.75, 3.05) is 6.61 Å². The molecule has 0 heterocycles. The molecule has 0 aromatic heterocycles. The third kappa shape index (κ3) is 6.86. The van der Waals surface area contributed by atoms with Crippen LogP contribution in [0, 0.1) is 29.1 Å². The Hall–Kier alpha value is -0.900. The van der Waals surface area contributed by atoms with E-state index in [4.69, 9.17) is 4.74 Å². The van der Waals surface area contributed by atoms with Gasteiger partial charge in [-0.2, -0.15) is 0 Å². The van der Waals surface area contributed by atoms with Crippen LogP contribution in [0.4, 0.5) is 0 Å². The first-order chi connectivity index (χ1) is 16.0. The molecule has 3 aliphatic carbocycles. The van der Waals surface area contributed by atoms with Crippen molar-refractivity contribution in [2.45, 2.75) is 124 Å². The van der Waals surface area contributed by atoms with E-state index in [0.29, 0.717) is 23.2 Å². The molecule has 3 saturated carbocycles. The van der Waals surface area contributed by atoms with Crippen molar-refractivity contribution >= 4 is 0 Å². The van der Waals surface area contributed by atoms with Crippen LogP contribution in [-0.4, -0.2) is 34.6 Å². The second kappa shape index (κ2) is 11.9. The Labute approximate surface area is 209 Å². The summed E-state index contributed by atoms with van der Waals surface area (Å²) in [5.41, 5.74) is 2.68. The average Bonchev–Trinajstić information content (AvgIpc) is 3.12. The van der Waals surface area contributed by atoms with E-state index in [9.17, 15) is 10.2 Å². The van der Waals surface area contributed by atoms with Crippen molar-refractivity contribution < 1.29 is 14.9 Å². The van der Waals surface area contributed by atoms with Crippen LogP contribution < -0.4 is 0 Å². The zero-order valence-electron chi connectivity index (χ0n) is 22.9. The van der Waals surface area contributed by atoms with E-state index in [1.165, 1.54) is 37.7 Å². The molecule has 0 unspecified atom stereocenters. The molecule has 34 heavy (non-hydrogen) atoms. The lowest BCUT2D eigenvalue weighted by Gasteiger charge is -2.44. The highest BCUT2D eigenvalue weighted by Gasteiger charge is 2.50. The molecular formula is C31H52O3. The quantitative estimate of drug-likeness (QED) is 0.272. The van der Waals surface area contributed by atoms with Gasteiger partial charge in [0.05, 0.1) is 17.8 Å².